The van der Waals surface area contributed by atoms with Gasteiger partial charge >= 0.3 is 6.18 Å². The second-order valence-electron chi connectivity index (χ2n) is 6.02. The lowest BCUT2D eigenvalue weighted by Gasteiger charge is -2.27. The molecule has 0 aliphatic carbocycles. The van der Waals surface area contributed by atoms with E-state index < -0.39 is 11.7 Å². The number of halogens is 3. The number of alkyl halides is 3. The summed E-state index contributed by atoms with van der Waals surface area (Å²) in [6.45, 7) is 1.41. The summed E-state index contributed by atoms with van der Waals surface area (Å²) in [5, 5.41) is 0. The summed E-state index contributed by atoms with van der Waals surface area (Å²) >= 11 is 0. The van der Waals surface area contributed by atoms with Gasteiger partial charge in [-0.05, 0) is 44.2 Å². The van der Waals surface area contributed by atoms with Gasteiger partial charge in [-0.3, -0.25) is 4.79 Å². The van der Waals surface area contributed by atoms with Gasteiger partial charge in [0.2, 0.25) is 0 Å². The van der Waals surface area contributed by atoms with Crippen molar-refractivity contribution in [2.24, 2.45) is 5.92 Å². The minimum atomic E-state index is -4.42. The van der Waals surface area contributed by atoms with Crippen molar-refractivity contribution < 1.29 is 22.7 Å². The van der Waals surface area contributed by atoms with Crippen LogP contribution in [-0.4, -0.2) is 18.0 Å². The summed E-state index contributed by atoms with van der Waals surface area (Å²) in [5.41, 5.74) is -0.409. The van der Waals surface area contributed by atoms with Gasteiger partial charge in [-0.1, -0.05) is 12.1 Å². The number of hydrogen-bond donors (Lipinski definition) is 0. The number of carbonyl (C=O) groups excluding carboxylic acids is 1. The first-order valence-corrected chi connectivity index (χ1v) is 7.22. The first kappa shape index (κ1) is 14.6. The van der Waals surface area contributed by atoms with Crippen LogP contribution in [0.25, 0.3) is 0 Å². The summed E-state index contributed by atoms with van der Waals surface area (Å²) in [5.74, 6) is -0.388. The molecule has 2 atom stereocenters. The summed E-state index contributed by atoms with van der Waals surface area (Å²) in [6.07, 6.45) is -1.05. The van der Waals surface area contributed by atoms with Gasteiger partial charge in [-0.15, -0.1) is 0 Å². The number of Topliss-reactive ketones (excluding diaryl/α,β-unsaturated/α-hetero) is 1. The molecule has 0 radical (unpaired) electrons. The van der Waals surface area contributed by atoms with E-state index in [4.69, 9.17) is 4.74 Å². The Morgan fingerprint density at radius 3 is 2.38 bits per heavy atom. The molecule has 2 bridgehead atoms. The van der Waals surface area contributed by atoms with Crippen molar-refractivity contribution >= 4 is 5.78 Å². The van der Waals surface area contributed by atoms with Crippen LogP contribution in [0.15, 0.2) is 18.2 Å². The van der Waals surface area contributed by atoms with E-state index in [1.54, 1.807) is 0 Å². The van der Waals surface area contributed by atoms with Gasteiger partial charge in [-0.25, -0.2) is 0 Å². The van der Waals surface area contributed by atoms with Crippen LogP contribution in [0.4, 0.5) is 13.2 Å². The Balaban J connectivity index is 1.85. The predicted molar refractivity (Wildman–Crippen MR) is 71.1 cm³/mol. The second kappa shape index (κ2) is 5.13. The lowest BCUT2D eigenvalue weighted by Crippen LogP contribution is -2.30. The lowest BCUT2D eigenvalue weighted by molar-refractivity contribution is -0.138. The molecule has 2 fully saturated rings. The average Bonchev–Trinajstić information content (AvgIpc) is 2.76. The van der Waals surface area contributed by atoms with Gasteiger partial charge in [-0.2, -0.15) is 13.2 Å². The third-order valence-corrected chi connectivity index (χ3v) is 4.49. The Hall–Kier alpha value is -1.36. The zero-order valence-electron chi connectivity index (χ0n) is 11.7. The number of hydrogen-bond acceptors (Lipinski definition) is 2. The smallest absolute Gasteiger partial charge is 0.375 e. The fourth-order valence-corrected chi connectivity index (χ4v) is 3.39. The summed E-state index contributed by atoms with van der Waals surface area (Å²) in [6, 6.07) is 3.88. The normalized spacial score (nSPS) is 28.7. The third-order valence-electron chi connectivity index (χ3n) is 4.49. The molecule has 0 saturated carbocycles. The van der Waals surface area contributed by atoms with E-state index in [9.17, 15) is 18.0 Å². The summed E-state index contributed by atoms with van der Waals surface area (Å²) < 4.78 is 44.5. The van der Waals surface area contributed by atoms with Crippen molar-refractivity contribution in [2.75, 3.05) is 0 Å². The Bertz CT molecular complexity index is 553. The number of fused-ring (bicyclic) bond motifs is 2. The molecular formula is C16H17F3O2. The quantitative estimate of drug-likeness (QED) is 0.767. The molecule has 21 heavy (non-hydrogen) atoms. The Morgan fingerprint density at radius 2 is 1.81 bits per heavy atom. The van der Waals surface area contributed by atoms with Crippen LogP contribution in [0.5, 0.6) is 0 Å². The highest BCUT2D eigenvalue weighted by atomic mass is 19.4. The van der Waals surface area contributed by atoms with E-state index in [0.29, 0.717) is 12.8 Å². The van der Waals surface area contributed by atoms with E-state index in [1.807, 2.05) is 0 Å². The molecule has 2 aliphatic rings. The van der Waals surface area contributed by atoms with Crippen LogP contribution in [0, 0.1) is 12.8 Å². The van der Waals surface area contributed by atoms with Crippen LogP contribution in [0.3, 0.4) is 0 Å². The topological polar surface area (TPSA) is 26.3 Å². The van der Waals surface area contributed by atoms with Crippen LogP contribution in [0.2, 0.25) is 0 Å². The molecule has 0 spiro atoms. The molecule has 3 rings (SSSR count). The van der Waals surface area contributed by atoms with Crippen LogP contribution >= 0.6 is 0 Å². The molecule has 5 heteroatoms. The van der Waals surface area contributed by atoms with Crippen LogP contribution < -0.4 is 0 Å². The van der Waals surface area contributed by atoms with Gasteiger partial charge in [0, 0.05) is 11.5 Å². The molecule has 2 nitrogen and oxygen atoms in total. The van der Waals surface area contributed by atoms with Crippen molar-refractivity contribution in [3.8, 4) is 0 Å². The zero-order valence-corrected chi connectivity index (χ0v) is 11.7. The molecule has 0 aromatic heterocycles. The molecular weight excluding hydrogens is 281 g/mol. The third kappa shape index (κ3) is 2.84. The Morgan fingerprint density at radius 1 is 1.19 bits per heavy atom. The number of rotatable bonds is 2. The van der Waals surface area contributed by atoms with Gasteiger partial charge in [0.15, 0.2) is 5.78 Å². The highest BCUT2D eigenvalue weighted by Crippen LogP contribution is 2.38. The molecule has 1 aromatic rings. The standard InChI is InChI=1S/C16H17F3O2/c1-9-2-3-10(8-14(9)16(17,18)19)15(20)11-6-12-4-5-13(7-11)21-12/h2-3,8,11-13H,4-7H2,1H3. The number of aryl methyl sites for hydroxylation is 1. The van der Waals surface area contributed by atoms with Crippen LogP contribution in [-0.2, 0) is 10.9 Å². The summed E-state index contributed by atoms with van der Waals surface area (Å²) in [7, 11) is 0. The lowest BCUT2D eigenvalue weighted by atomic mass is 9.87. The maximum Gasteiger partial charge on any atom is 0.416 e. The van der Waals surface area contributed by atoms with Crippen LogP contribution in [0.1, 0.15) is 47.2 Å². The maximum absolute atomic E-state index is 12.9. The Labute approximate surface area is 121 Å². The van der Waals surface area contributed by atoms with Gasteiger partial charge in [0.05, 0.1) is 17.8 Å². The van der Waals surface area contributed by atoms with Crippen molar-refractivity contribution in [3.05, 3.63) is 34.9 Å². The number of ketones is 1. The van der Waals surface area contributed by atoms with Crippen molar-refractivity contribution in [3.63, 3.8) is 0 Å². The van der Waals surface area contributed by atoms with E-state index in [-0.39, 0.29) is 35.0 Å². The molecule has 0 amide bonds. The Kier molecular flexibility index (Phi) is 3.56. The second-order valence-corrected chi connectivity index (χ2v) is 6.02. The largest absolute Gasteiger partial charge is 0.416 e. The molecule has 2 aliphatic heterocycles. The average molecular weight is 298 g/mol. The summed E-state index contributed by atoms with van der Waals surface area (Å²) in [4.78, 5) is 12.5. The van der Waals surface area contributed by atoms with E-state index in [2.05, 4.69) is 0 Å². The molecule has 2 heterocycles. The van der Waals surface area contributed by atoms with E-state index in [0.717, 1.165) is 18.9 Å². The molecule has 2 unspecified atom stereocenters. The molecule has 0 N–H and O–H groups in total. The SMILES string of the molecule is Cc1ccc(C(=O)C2CC3CCC(C2)O3)cc1C(F)(F)F. The van der Waals surface area contributed by atoms with Crippen molar-refractivity contribution in [1.29, 1.82) is 0 Å². The predicted octanol–water partition coefficient (Wildman–Crippen LogP) is 4.15. The first-order valence-electron chi connectivity index (χ1n) is 7.22. The molecule has 1 aromatic carbocycles. The number of benzene rings is 1. The fraction of sp³-hybridized carbons (Fsp3) is 0.562. The van der Waals surface area contributed by atoms with E-state index in [1.165, 1.54) is 19.1 Å². The minimum Gasteiger partial charge on any atom is -0.375 e. The van der Waals surface area contributed by atoms with E-state index >= 15 is 0 Å². The zero-order chi connectivity index (χ0) is 15.2. The highest BCUT2D eigenvalue weighted by molar-refractivity contribution is 5.98. The highest BCUT2D eigenvalue weighted by Gasteiger charge is 2.39. The first-order chi connectivity index (χ1) is 9.84. The number of carbonyl (C=O) groups is 1. The van der Waals surface area contributed by atoms with Gasteiger partial charge < -0.3 is 4.74 Å². The van der Waals surface area contributed by atoms with Gasteiger partial charge in [0.25, 0.3) is 0 Å². The number of ether oxygens (including phenoxy) is 1. The van der Waals surface area contributed by atoms with Crippen molar-refractivity contribution in [1.82, 2.24) is 0 Å². The van der Waals surface area contributed by atoms with Crippen molar-refractivity contribution in [2.45, 2.75) is 51.0 Å². The minimum absolute atomic E-state index is 0.102. The monoisotopic (exact) mass is 298 g/mol. The maximum atomic E-state index is 12.9. The van der Waals surface area contributed by atoms with Gasteiger partial charge in [0.1, 0.15) is 0 Å². The molecule has 2 saturated heterocycles. The fourth-order valence-electron chi connectivity index (χ4n) is 3.39. The molecule has 114 valence electrons.